The number of amides is 1. The molecule has 1 aromatic heterocycles. The van der Waals surface area contributed by atoms with E-state index in [0.29, 0.717) is 11.6 Å². The van der Waals surface area contributed by atoms with Crippen LogP contribution in [0.2, 0.25) is 0 Å². The van der Waals surface area contributed by atoms with E-state index in [2.05, 4.69) is 10.2 Å². The second kappa shape index (κ2) is 7.21. The maximum Gasteiger partial charge on any atom is 0.227 e. The van der Waals surface area contributed by atoms with Gasteiger partial charge >= 0.3 is 0 Å². The summed E-state index contributed by atoms with van der Waals surface area (Å²) in [5, 5.41) is 8.96. The third kappa shape index (κ3) is 4.29. The van der Waals surface area contributed by atoms with E-state index < -0.39 is 0 Å². The molecule has 2 aromatic rings. The van der Waals surface area contributed by atoms with Crippen LogP contribution >= 0.6 is 11.8 Å². The van der Waals surface area contributed by atoms with Crippen molar-refractivity contribution in [1.29, 1.82) is 0 Å². The molecule has 7 heteroatoms. The smallest absolute Gasteiger partial charge is 0.227 e. The Kier molecular flexibility index (Phi) is 5.32. The summed E-state index contributed by atoms with van der Waals surface area (Å²) < 4.78 is 14.8. The Morgan fingerprint density at radius 3 is 2.62 bits per heavy atom. The van der Waals surface area contributed by atoms with Crippen molar-refractivity contribution in [3.63, 3.8) is 0 Å². The summed E-state index contributed by atoms with van der Waals surface area (Å²) in [4.78, 5) is 10.8. The predicted molar refractivity (Wildman–Crippen MR) is 79.4 cm³/mol. The van der Waals surface area contributed by atoms with Crippen LogP contribution in [0.1, 0.15) is 18.3 Å². The van der Waals surface area contributed by atoms with Gasteiger partial charge in [-0.2, -0.15) is 0 Å². The van der Waals surface area contributed by atoms with Gasteiger partial charge in [0.1, 0.15) is 11.6 Å². The zero-order valence-electron chi connectivity index (χ0n) is 11.8. The van der Waals surface area contributed by atoms with E-state index in [9.17, 15) is 9.18 Å². The molecular formula is C14H17FN4OS. The lowest BCUT2D eigenvalue weighted by Crippen LogP contribution is -2.14. The number of hydrogen-bond donors (Lipinski definition) is 1. The Morgan fingerprint density at radius 2 is 2.00 bits per heavy atom. The molecule has 5 nitrogen and oxygen atoms in total. The Labute approximate surface area is 126 Å². The van der Waals surface area contributed by atoms with Gasteiger partial charge in [-0.3, -0.25) is 4.79 Å². The summed E-state index contributed by atoms with van der Waals surface area (Å²) in [5.74, 6) is 0.434. The number of nitrogens with zero attached hydrogens (tertiary/aromatic N) is 3. The maximum atomic E-state index is 12.9. The minimum atomic E-state index is -0.376. The highest BCUT2D eigenvalue weighted by atomic mass is 32.2. The fourth-order valence-corrected chi connectivity index (χ4v) is 2.73. The van der Waals surface area contributed by atoms with Gasteiger partial charge in [-0.05, 0) is 31.0 Å². The van der Waals surface area contributed by atoms with Crippen molar-refractivity contribution in [3.8, 4) is 0 Å². The number of nitrogens with two attached hydrogens (primary N) is 1. The van der Waals surface area contributed by atoms with Gasteiger partial charge in [0.25, 0.3) is 0 Å². The highest BCUT2D eigenvalue weighted by Gasteiger charge is 2.12. The molecule has 0 bridgehead atoms. The molecule has 0 fully saturated rings. The molecule has 1 heterocycles. The minimum Gasteiger partial charge on any atom is -0.369 e. The zero-order valence-corrected chi connectivity index (χ0v) is 12.6. The molecule has 0 unspecified atom stereocenters. The summed E-state index contributed by atoms with van der Waals surface area (Å²) >= 11 is 1.29. The second-order valence-electron chi connectivity index (χ2n) is 4.52. The summed E-state index contributed by atoms with van der Waals surface area (Å²) in [6.07, 6.45) is 1.47. The van der Waals surface area contributed by atoms with Crippen LogP contribution in [0.3, 0.4) is 0 Å². The van der Waals surface area contributed by atoms with E-state index in [1.807, 2.05) is 11.5 Å². The first kappa shape index (κ1) is 15.5. The summed E-state index contributed by atoms with van der Waals surface area (Å²) in [5.41, 5.74) is 6.19. The number of rotatable bonds is 7. The van der Waals surface area contributed by atoms with Crippen molar-refractivity contribution in [1.82, 2.24) is 14.8 Å². The average Bonchev–Trinajstić information content (AvgIpc) is 2.86. The van der Waals surface area contributed by atoms with Crippen molar-refractivity contribution in [2.24, 2.45) is 5.73 Å². The number of aromatic nitrogens is 3. The first-order chi connectivity index (χ1) is 10.1. The summed E-state index contributed by atoms with van der Waals surface area (Å²) in [6.45, 7) is 2.73. The maximum absolute atomic E-state index is 12.9. The van der Waals surface area contributed by atoms with E-state index in [1.165, 1.54) is 23.9 Å². The Bertz CT molecular complexity index is 612. The van der Waals surface area contributed by atoms with Gasteiger partial charge < -0.3 is 10.3 Å². The van der Waals surface area contributed by atoms with Crippen LogP contribution in [-0.4, -0.2) is 26.4 Å². The van der Waals surface area contributed by atoms with E-state index >= 15 is 0 Å². The molecular weight excluding hydrogens is 291 g/mol. The molecule has 0 aliphatic rings. The van der Waals surface area contributed by atoms with E-state index in [1.54, 1.807) is 12.1 Å². The standard InChI is InChI=1S/C14H17FN4OS/c1-2-19-13(17-18-14(19)21-9-12(16)20)8-5-10-3-6-11(15)7-4-10/h3-4,6-7H,2,5,8-9H2,1H3,(H2,16,20). The van der Waals surface area contributed by atoms with Gasteiger partial charge in [-0.15, -0.1) is 10.2 Å². The van der Waals surface area contributed by atoms with Gasteiger partial charge in [0.15, 0.2) is 5.16 Å². The fraction of sp³-hybridized carbons (Fsp3) is 0.357. The van der Waals surface area contributed by atoms with E-state index in [4.69, 9.17) is 5.73 Å². The van der Waals surface area contributed by atoms with Gasteiger partial charge in [-0.1, -0.05) is 23.9 Å². The first-order valence-corrected chi connectivity index (χ1v) is 7.66. The van der Waals surface area contributed by atoms with E-state index in [-0.39, 0.29) is 17.5 Å². The molecule has 0 aliphatic carbocycles. The van der Waals surface area contributed by atoms with Crippen LogP contribution in [0.5, 0.6) is 0 Å². The number of carbonyl (C=O) groups excluding carboxylic acids is 1. The lowest BCUT2D eigenvalue weighted by atomic mass is 10.1. The third-order valence-corrected chi connectivity index (χ3v) is 3.99. The van der Waals surface area contributed by atoms with Gasteiger partial charge in [0, 0.05) is 13.0 Å². The lowest BCUT2D eigenvalue weighted by molar-refractivity contribution is -0.115. The molecule has 0 radical (unpaired) electrons. The van der Waals surface area contributed by atoms with Crippen molar-refractivity contribution in [2.45, 2.75) is 31.5 Å². The minimum absolute atomic E-state index is 0.191. The van der Waals surface area contributed by atoms with Crippen LogP contribution in [0.15, 0.2) is 29.4 Å². The molecule has 1 amide bonds. The second-order valence-corrected chi connectivity index (χ2v) is 5.47. The number of carbonyl (C=O) groups is 1. The van der Waals surface area contributed by atoms with Crippen LogP contribution in [0.4, 0.5) is 4.39 Å². The lowest BCUT2D eigenvalue weighted by Gasteiger charge is -2.06. The third-order valence-electron chi connectivity index (χ3n) is 3.00. The number of hydrogen-bond acceptors (Lipinski definition) is 4. The monoisotopic (exact) mass is 308 g/mol. The van der Waals surface area contributed by atoms with Crippen molar-refractivity contribution in [2.75, 3.05) is 5.75 Å². The molecule has 0 aliphatic heterocycles. The molecule has 21 heavy (non-hydrogen) atoms. The predicted octanol–water partition coefficient (Wildman–Crippen LogP) is 1.80. The van der Waals surface area contributed by atoms with Crippen LogP contribution in [-0.2, 0) is 24.2 Å². The normalized spacial score (nSPS) is 10.8. The van der Waals surface area contributed by atoms with Crippen LogP contribution in [0, 0.1) is 5.82 Å². The molecule has 1 aromatic carbocycles. The van der Waals surface area contributed by atoms with Crippen LogP contribution < -0.4 is 5.73 Å². The average molecular weight is 308 g/mol. The van der Waals surface area contributed by atoms with Crippen molar-refractivity contribution < 1.29 is 9.18 Å². The molecule has 2 rings (SSSR count). The fourth-order valence-electron chi connectivity index (χ4n) is 1.97. The van der Waals surface area contributed by atoms with E-state index in [0.717, 1.165) is 24.4 Å². The quantitative estimate of drug-likeness (QED) is 0.792. The number of thioether (sulfide) groups is 1. The SMILES string of the molecule is CCn1c(CCc2ccc(F)cc2)nnc1SCC(N)=O. The topological polar surface area (TPSA) is 73.8 Å². The number of aryl methyl sites for hydroxylation is 2. The molecule has 2 N–H and O–H groups in total. The number of benzene rings is 1. The Morgan fingerprint density at radius 1 is 1.29 bits per heavy atom. The van der Waals surface area contributed by atoms with Gasteiger partial charge in [-0.25, -0.2) is 4.39 Å². The summed E-state index contributed by atoms with van der Waals surface area (Å²) in [6, 6.07) is 6.44. The molecule has 112 valence electrons. The van der Waals surface area contributed by atoms with Gasteiger partial charge in [0.05, 0.1) is 5.75 Å². The summed E-state index contributed by atoms with van der Waals surface area (Å²) in [7, 11) is 0. The molecule has 0 atom stereocenters. The molecule has 0 saturated carbocycles. The number of primary amides is 1. The van der Waals surface area contributed by atoms with Crippen molar-refractivity contribution in [3.05, 3.63) is 41.5 Å². The molecule has 0 spiro atoms. The van der Waals surface area contributed by atoms with Gasteiger partial charge in [0.2, 0.25) is 5.91 Å². The van der Waals surface area contributed by atoms with Crippen molar-refractivity contribution >= 4 is 17.7 Å². The Hall–Kier alpha value is -1.89. The first-order valence-electron chi connectivity index (χ1n) is 6.67. The highest BCUT2D eigenvalue weighted by Crippen LogP contribution is 2.17. The van der Waals surface area contributed by atoms with Crippen LogP contribution in [0.25, 0.3) is 0 Å². The number of halogens is 1. The highest BCUT2D eigenvalue weighted by molar-refractivity contribution is 7.99. The molecule has 0 saturated heterocycles. The zero-order chi connectivity index (χ0) is 15.2. The Balaban J connectivity index is 2.02. The largest absolute Gasteiger partial charge is 0.369 e.